The standard InChI is InChI=1S/C45H46FN11O5/c46-35-23-33-34(45(62)57(44(33)61)36-10-11-38(58)52-43(36)60)24-37(35)55-14-12-31(13-15-55)54-18-16-53(17-19-54)30-8-6-28(7-9-30)51-41-40-42(48-25-47-41)56(26-49-40)32-21-29(22-32)50-39(59)20-27-4-2-1-3-5-27/h1-9,23-26,29,31-32,36H,10-22H2,(H,50,59)(H,47,48,51)(H,52,58,60). The van der Waals surface area contributed by atoms with Crippen molar-refractivity contribution in [2.24, 2.45) is 0 Å². The molecule has 4 fully saturated rings. The number of carbonyl (C=O) groups is 5. The molecule has 3 saturated heterocycles. The number of benzene rings is 3. The maximum absolute atomic E-state index is 15.5. The van der Waals surface area contributed by atoms with Crippen molar-refractivity contribution in [3.63, 3.8) is 0 Å². The molecule has 6 heterocycles. The van der Waals surface area contributed by atoms with Gasteiger partial charge in [0.05, 0.1) is 29.6 Å². The second kappa shape index (κ2) is 16.3. The molecule has 16 nitrogen and oxygen atoms in total. The van der Waals surface area contributed by atoms with Crippen molar-refractivity contribution in [3.05, 3.63) is 102 Å². The largest absolute Gasteiger partial charge is 0.369 e. The number of rotatable bonds is 10. The molecule has 17 heteroatoms. The lowest BCUT2D eigenvalue weighted by molar-refractivity contribution is -0.136. The van der Waals surface area contributed by atoms with Gasteiger partial charge in [0.2, 0.25) is 17.7 Å². The SMILES string of the molecule is O=C1CCC(N2C(=O)c3cc(F)c(N4CCC(N5CCN(c6ccc(Nc7ncnc8c7ncn8C7CC(NC(=O)Cc8ccccc8)C7)cc6)CC5)CC4)cc3C2=O)C(=O)N1. The van der Waals surface area contributed by atoms with E-state index in [1.807, 2.05) is 53.7 Å². The van der Waals surface area contributed by atoms with Gasteiger partial charge in [0.15, 0.2) is 17.0 Å². The van der Waals surface area contributed by atoms with Gasteiger partial charge in [-0.3, -0.25) is 39.1 Å². The summed E-state index contributed by atoms with van der Waals surface area (Å²) in [6, 6.07) is 20.2. The summed E-state index contributed by atoms with van der Waals surface area (Å²) in [4.78, 5) is 84.6. The molecule has 1 aliphatic carbocycles. The molecule has 0 spiro atoms. The summed E-state index contributed by atoms with van der Waals surface area (Å²) in [6.45, 7) is 4.73. The Morgan fingerprint density at radius 2 is 1.52 bits per heavy atom. The fourth-order valence-electron chi connectivity index (χ4n) is 9.63. The smallest absolute Gasteiger partial charge is 0.262 e. The molecule has 1 saturated carbocycles. The zero-order valence-corrected chi connectivity index (χ0v) is 34.0. The van der Waals surface area contributed by atoms with Crippen molar-refractivity contribution >= 4 is 63.6 Å². The van der Waals surface area contributed by atoms with Crippen molar-refractivity contribution in [2.75, 3.05) is 54.4 Å². The molecule has 10 rings (SSSR count). The van der Waals surface area contributed by atoms with E-state index < -0.39 is 35.5 Å². The van der Waals surface area contributed by atoms with E-state index in [4.69, 9.17) is 0 Å². The molecule has 0 radical (unpaired) electrons. The maximum atomic E-state index is 15.5. The quantitative estimate of drug-likeness (QED) is 0.173. The molecule has 4 aliphatic heterocycles. The lowest BCUT2D eigenvalue weighted by Crippen LogP contribution is -2.54. The molecular formula is C45H46FN11O5. The normalized spacial score (nSPS) is 22.1. The number of imidazole rings is 1. The first-order valence-electron chi connectivity index (χ1n) is 21.3. The molecular weight excluding hydrogens is 794 g/mol. The first-order chi connectivity index (χ1) is 30.2. The summed E-state index contributed by atoms with van der Waals surface area (Å²) in [7, 11) is 0. The number of nitrogens with zero attached hydrogens (tertiary/aromatic N) is 8. The van der Waals surface area contributed by atoms with E-state index in [1.165, 1.54) is 6.07 Å². The van der Waals surface area contributed by atoms with Gasteiger partial charge in [0.1, 0.15) is 18.2 Å². The van der Waals surface area contributed by atoms with E-state index in [2.05, 4.69) is 57.4 Å². The fraction of sp³-hybridized carbons (Fsp3) is 0.378. The highest BCUT2D eigenvalue weighted by molar-refractivity contribution is 6.23. The van der Waals surface area contributed by atoms with Crippen LogP contribution in [0.15, 0.2) is 79.4 Å². The molecule has 5 amide bonds. The first kappa shape index (κ1) is 39.4. The zero-order valence-electron chi connectivity index (χ0n) is 34.0. The lowest BCUT2D eigenvalue weighted by Gasteiger charge is -2.44. The van der Waals surface area contributed by atoms with Gasteiger partial charge in [-0.25, -0.2) is 19.3 Å². The van der Waals surface area contributed by atoms with Crippen LogP contribution in [0.2, 0.25) is 0 Å². The van der Waals surface area contributed by atoms with Crippen molar-refractivity contribution in [1.29, 1.82) is 0 Å². The molecule has 5 aromatic rings. The Kier molecular flexibility index (Phi) is 10.3. The van der Waals surface area contributed by atoms with Gasteiger partial charge in [-0.15, -0.1) is 0 Å². The van der Waals surface area contributed by atoms with Crippen molar-refractivity contribution < 1.29 is 28.4 Å². The Morgan fingerprint density at radius 3 is 2.24 bits per heavy atom. The van der Waals surface area contributed by atoms with E-state index in [0.29, 0.717) is 36.9 Å². The van der Waals surface area contributed by atoms with Crippen LogP contribution in [0, 0.1) is 5.82 Å². The van der Waals surface area contributed by atoms with E-state index in [0.717, 1.165) is 85.4 Å². The van der Waals surface area contributed by atoms with Gasteiger partial charge < -0.3 is 25.0 Å². The van der Waals surface area contributed by atoms with Gasteiger partial charge in [-0.1, -0.05) is 30.3 Å². The van der Waals surface area contributed by atoms with Crippen LogP contribution < -0.4 is 25.8 Å². The van der Waals surface area contributed by atoms with Gasteiger partial charge in [0.25, 0.3) is 11.8 Å². The summed E-state index contributed by atoms with van der Waals surface area (Å²) in [5.41, 5.74) is 4.77. The molecule has 1 unspecified atom stereocenters. The van der Waals surface area contributed by atoms with Crippen molar-refractivity contribution in [2.45, 2.75) is 69.1 Å². The third-order valence-corrected chi connectivity index (χ3v) is 13.1. The number of hydrogen-bond acceptors (Lipinski definition) is 12. The second-order valence-corrected chi connectivity index (χ2v) is 16.8. The number of amides is 5. The predicted molar refractivity (Wildman–Crippen MR) is 227 cm³/mol. The van der Waals surface area contributed by atoms with Gasteiger partial charge in [-0.2, -0.15) is 0 Å². The summed E-state index contributed by atoms with van der Waals surface area (Å²) in [5, 5.41) is 8.77. The predicted octanol–water partition coefficient (Wildman–Crippen LogP) is 3.96. The van der Waals surface area contributed by atoms with Crippen LogP contribution in [0.25, 0.3) is 11.2 Å². The number of aromatic nitrogens is 4. The molecule has 62 heavy (non-hydrogen) atoms. The Hall–Kier alpha value is -6.75. The summed E-state index contributed by atoms with van der Waals surface area (Å²) in [6.07, 6.45) is 7.09. The summed E-state index contributed by atoms with van der Waals surface area (Å²) in [5.74, 6) is -2.41. The van der Waals surface area contributed by atoms with Crippen LogP contribution in [0.5, 0.6) is 0 Å². The van der Waals surface area contributed by atoms with Crippen LogP contribution in [-0.2, 0) is 20.8 Å². The molecule has 318 valence electrons. The summed E-state index contributed by atoms with van der Waals surface area (Å²) < 4.78 is 17.6. The van der Waals surface area contributed by atoms with Crippen LogP contribution in [0.4, 0.5) is 27.3 Å². The van der Waals surface area contributed by atoms with Gasteiger partial charge in [-0.05, 0) is 74.1 Å². The first-order valence-corrected chi connectivity index (χ1v) is 21.3. The minimum Gasteiger partial charge on any atom is -0.369 e. The number of piperidine rings is 2. The minimum absolute atomic E-state index is 0.0197. The van der Waals surface area contributed by atoms with E-state index in [9.17, 15) is 24.0 Å². The number of nitrogens with one attached hydrogen (secondary N) is 3. The number of hydrogen-bond donors (Lipinski definition) is 3. The van der Waals surface area contributed by atoms with E-state index >= 15 is 4.39 Å². The Bertz CT molecular complexity index is 2560. The topological polar surface area (TPSA) is 178 Å². The number of carbonyl (C=O) groups excluding carboxylic acids is 5. The third-order valence-electron chi connectivity index (χ3n) is 13.1. The summed E-state index contributed by atoms with van der Waals surface area (Å²) >= 11 is 0. The van der Waals surface area contributed by atoms with Gasteiger partial charge in [0, 0.05) is 75.2 Å². The minimum atomic E-state index is -1.10. The van der Waals surface area contributed by atoms with Crippen LogP contribution in [0.3, 0.4) is 0 Å². The third kappa shape index (κ3) is 7.50. The number of anilines is 4. The Balaban J connectivity index is 0.700. The molecule has 3 N–H and O–H groups in total. The Labute approximate surface area is 356 Å². The molecule has 0 bridgehead atoms. The molecule has 5 aliphatic rings. The molecule has 1 atom stereocenters. The van der Waals surface area contributed by atoms with Crippen LogP contribution in [0.1, 0.15) is 70.8 Å². The second-order valence-electron chi connectivity index (χ2n) is 16.8. The number of piperazine rings is 1. The fourth-order valence-corrected chi connectivity index (χ4v) is 9.63. The van der Waals surface area contributed by atoms with E-state index in [1.54, 1.807) is 6.33 Å². The number of imide groups is 2. The number of halogens is 1. The van der Waals surface area contributed by atoms with Crippen LogP contribution in [-0.4, -0.2) is 116 Å². The molecule has 3 aromatic carbocycles. The maximum Gasteiger partial charge on any atom is 0.262 e. The molecule has 2 aromatic heterocycles. The monoisotopic (exact) mass is 839 g/mol. The van der Waals surface area contributed by atoms with Crippen molar-refractivity contribution in [1.82, 2.24) is 40.0 Å². The highest BCUT2D eigenvalue weighted by atomic mass is 19.1. The highest BCUT2D eigenvalue weighted by Gasteiger charge is 2.45. The lowest BCUT2D eigenvalue weighted by atomic mass is 9.86. The van der Waals surface area contributed by atoms with Gasteiger partial charge >= 0.3 is 0 Å². The average Bonchev–Trinajstić information content (AvgIpc) is 3.80. The van der Waals surface area contributed by atoms with Crippen molar-refractivity contribution in [3.8, 4) is 0 Å². The van der Waals surface area contributed by atoms with Crippen LogP contribution >= 0.6 is 0 Å². The Morgan fingerprint density at radius 1 is 0.790 bits per heavy atom. The highest BCUT2D eigenvalue weighted by Crippen LogP contribution is 2.37. The zero-order chi connectivity index (χ0) is 42.5. The average molecular weight is 840 g/mol. The van der Waals surface area contributed by atoms with E-state index in [-0.39, 0.29) is 47.6 Å². The number of fused-ring (bicyclic) bond motifs is 2.